The summed E-state index contributed by atoms with van der Waals surface area (Å²) in [5.74, 6) is 0. The lowest BCUT2D eigenvalue weighted by atomic mass is 10.4. The number of hydrogen-bond donors (Lipinski definition) is 1. The summed E-state index contributed by atoms with van der Waals surface area (Å²) in [6, 6.07) is 1.84. The van der Waals surface area contributed by atoms with Crippen LogP contribution in [0, 0.1) is 0 Å². The summed E-state index contributed by atoms with van der Waals surface area (Å²) in [6.07, 6.45) is 3.36. The lowest BCUT2D eigenvalue weighted by Gasteiger charge is -1.91. The van der Waals surface area contributed by atoms with Gasteiger partial charge in [-0.25, -0.2) is 0 Å². The minimum Gasteiger partial charge on any atom is -0.398 e. The van der Waals surface area contributed by atoms with Crippen molar-refractivity contribution in [2.24, 2.45) is 0 Å². The summed E-state index contributed by atoms with van der Waals surface area (Å²) in [6.45, 7) is 0. The summed E-state index contributed by atoms with van der Waals surface area (Å²) in [7, 11) is 0. The first kappa shape index (κ1) is 5.62. The van der Waals surface area contributed by atoms with Crippen molar-refractivity contribution in [2.45, 2.75) is 0 Å². The van der Waals surface area contributed by atoms with Crippen LogP contribution >= 0.6 is 0 Å². The fourth-order valence-corrected chi connectivity index (χ4v) is 0.755. The van der Waals surface area contributed by atoms with E-state index in [1.807, 2.05) is 6.07 Å². The van der Waals surface area contributed by atoms with Gasteiger partial charge < -0.3 is 5.73 Å². The molecular formula is C5H5AlN2. The van der Waals surface area contributed by atoms with E-state index in [4.69, 9.17) is 5.73 Å². The first-order valence-corrected chi connectivity index (χ1v) is 2.83. The summed E-state index contributed by atoms with van der Waals surface area (Å²) >= 11 is 2.52. The monoisotopic (exact) mass is 120 g/mol. The van der Waals surface area contributed by atoms with Crippen LogP contribution in [0.5, 0.6) is 0 Å². The second-order valence-corrected chi connectivity index (χ2v) is 2.22. The van der Waals surface area contributed by atoms with Gasteiger partial charge in [0.25, 0.3) is 0 Å². The molecular weight excluding hydrogens is 115 g/mol. The van der Waals surface area contributed by atoms with Crippen LogP contribution in [0.2, 0.25) is 0 Å². The predicted molar refractivity (Wildman–Crippen MR) is 34.0 cm³/mol. The Balaban J connectivity index is 3.08. The van der Waals surface area contributed by atoms with Gasteiger partial charge in [-0.1, -0.05) is 6.07 Å². The molecule has 8 heavy (non-hydrogen) atoms. The molecule has 0 bridgehead atoms. The highest BCUT2D eigenvalue weighted by Crippen LogP contribution is 1.89. The van der Waals surface area contributed by atoms with E-state index in [1.54, 1.807) is 12.4 Å². The van der Waals surface area contributed by atoms with Gasteiger partial charge in [0.05, 0.1) is 0 Å². The van der Waals surface area contributed by atoms with Gasteiger partial charge in [0.2, 0.25) is 0 Å². The van der Waals surface area contributed by atoms with Crippen molar-refractivity contribution >= 4 is 26.4 Å². The van der Waals surface area contributed by atoms with Crippen LogP contribution in [0.4, 0.5) is 5.69 Å². The number of pyridine rings is 1. The van der Waals surface area contributed by atoms with Gasteiger partial charge in [-0.05, 0) is 0 Å². The molecule has 0 fully saturated rings. The highest BCUT2D eigenvalue weighted by atomic mass is 27.0. The smallest absolute Gasteiger partial charge is 0.178 e. The topological polar surface area (TPSA) is 38.9 Å². The van der Waals surface area contributed by atoms with Crippen LogP contribution in [0.1, 0.15) is 0 Å². The molecule has 2 nitrogen and oxygen atoms in total. The highest BCUT2D eigenvalue weighted by molar-refractivity contribution is 6.32. The van der Waals surface area contributed by atoms with Crippen molar-refractivity contribution in [2.75, 3.05) is 5.73 Å². The van der Waals surface area contributed by atoms with Crippen LogP contribution in [-0.2, 0) is 0 Å². The van der Waals surface area contributed by atoms with E-state index >= 15 is 0 Å². The Hall–Kier alpha value is -0.518. The maximum atomic E-state index is 5.38. The number of nitrogens with two attached hydrogens (primary N) is 1. The molecule has 1 rings (SSSR count). The number of nitrogen functional groups attached to an aromatic ring is 1. The molecule has 0 aliphatic rings. The molecule has 0 atom stereocenters. The van der Waals surface area contributed by atoms with Gasteiger partial charge in [0.1, 0.15) is 0 Å². The lowest BCUT2D eigenvalue weighted by Crippen LogP contribution is -2.03. The van der Waals surface area contributed by atoms with Crippen LogP contribution < -0.4 is 10.2 Å². The standard InChI is InChI=1S/C5H5N2.Al/c6-5-2-1-3-7-4-5;/h2-4H,6H2;. The van der Waals surface area contributed by atoms with Gasteiger partial charge in [-0.3, -0.25) is 4.98 Å². The third-order valence-electron chi connectivity index (χ3n) is 0.781. The molecule has 0 unspecified atom stereocenters. The van der Waals surface area contributed by atoms with Crippen molar-refractivity contribution in [3.63, 3.8) is 0 Å². The third-order valence-corrected chi connectivity index (χ3v) is 1.10. The third kappa shape index (κ3) is 1.23. The van der Waals surface area contributed by atoms with E-state index in [9.17, 15) is 0 Å². The Labute approximate surface area is 56.2 Å². The van der Waals surface area contributed by atoms with E-state index < -0.39 is 0 Å². The molecule has 0 amide bonds. The first-order chi connectivity index (χ1) is 3.79. The molecule has 0 spiro atoms. The molecule has 3 heteroatoms. The quantitative estimate of drug-likeness (QED) is 0.467. The fourth-order valence-electron chi connectivity index (χ4n) is 0.476. The van der Waals surface area contributed by atoms with Crippen LogP contribution in [0.3, 0.4) is 0 Å². The number of hydrogen-bond acceptors (Lipinski definition) is 2. The molecule has 1 heterocycles. The van der Waals surface area contributed by atoms with Crippen LogP contribution in [-0.4, -0.2) is 21.3 Å². The van der Waals surface area contributed by atoms with Crippen molar-refractivity contribution in [1.29, 1.82) is 0 Å². The number of anilines is 1. The number of aromatic nitrogens is 1. The molecule has 0 aromatic carbocycles. The SMILES string of the molecule is Nc1cnc[c]([Al])c1. The van der Waals surface area contributed by atoms with Crippen LogP contribution in [0.15, 0.2) is 18.5 Å². The molecule has 38 valence electrons. The van der Waals surface area contributed by atoms with E-state index in [-0.39, 0.29) is 0 Å². The van der Waals surface area contributed by atoms with Crippen molar-refractivity contribution in [1.82, 2.24) is 4.98 Å². The normalized spacial score (nSPS) is 9.00. The maximum absolute atomic E-state index is 5.38. The van der Waals surface area contributed by atoms with Crippen molar-refractivity contribution in [3.05, 3.63) is 18.5 Å². The average Bonchev–Trinajstić information content (AvgIpc) is 1.64. The number of rotatable bonds is 0. The predicted octanol–water partition coefficient (Wildman–Crippen LogP) is -0.542. The van der Waals surface area contributed by atoms with Crippen LogP contribution in [0.25, 0.3) is 0 Å². The largest absolute Gasteiger partial charge is 0.398 e. The fraction of sp³-hybridized carbons (Fsp3) is 0. The second-order valence-electron chi connectivity index (χ2n) is 1.55. The van der Waals surface area contributed by atoms with E-state index in [0.717, 1.165) is 4.43 Å². The molecule has 0 saturated carbocycles. The molecule has 0 saturated heterocycles. The summed E-state index contributed by atoms with van der Waals surface area (Å²) < 4.78 is 1.02. The first-order valence-electron chi connectivity index (χ1n) is 2.25. The molecule has 2 radical (unpaired) electrons. The maximum Gasteiger partial charge on any atom is 0.178 e. The Bertz CT molecular complexity index is 170. The molecule has 2 N–H and O–H groups in total. The van der Waals surface area contributed by atoms with Gasteiger partial charge in [0.15, 0.2) is 16.3 Å². The zero-order chi connectivity index (χ0) is 5.98. The Morgan fingerprint density at radius 2 is 2.25 bits per heavy atom. The van der Waals surface area contributed by atoms with Crippen molar-refractivity contribution in [3.8, 4) is 0 Å². The second kappa shape index (κ2) is 2.17. The Morgan fingerprint density at radius 3 is 2.62 bits per heavy atom. The zero-order valence-electron chi connectivity index (χ0n) is 4.33. The molecule has 1 aromatic rings. The summed E-state index contributed by atoms with van der Waals surface area (Å²) in [5.41, 5.74) is 6.09. The Kier molecular flexibility index (Phi) is 1.52. The lowest BCUT2D eigenvalue weighted by molar-refractivity contribution is 1.35. The minimum atomic E-state index is 0.706. The number of nitrogens with zero attached hydrogens (tertiary/aromatic N) is 1. The minimum absolute atomic E-state index is 0.706. The van der Waals surface area contributed by atoms with E-state index in [2.05, 4.69) is 21.3 Å². The molecule has 0 aliphatic carbocycles. The summed E-state index contributed by atoms with van der Waals surface area (Å²) in [5, 5.41) is 0. The van der Waals surface area contributed by atoms with Gasteiger partial charge in [0, 0.05) is 18.1 Å². The Morgan fingerprint density at radius 1 is 1.50 bits per heavy atom. The average molecular weight is 120 g/mol. The van der Waals surface area contributed by atoms with Gasteiger partial charge in [-0.2, -0.15) is 0 Å². The highest BCUT2D eigenvalue weighted by Gasteiger charge is 1.81. The van der Waals surface area contributed by atoms with E-state index in [1.165, 1.54) is 0 Å². The molecule has 1 aromatic heterocycles. The van der Waals surface area contributed by atoms with Gasteiger partial charge >= 0.3 is 0 Å². The zero-order valence-corrected chi connectivity index (χ0v) is 5.49. The van der Waals surface area contributed by atoms with Gasteiger partial charge in [-0.15, -0.1) is 4.43 Å². The van der Waals surface area contributed by atoms with Crippen molar-refractivity contribution < 1.29 is 0 Å². The summed E-state index contributed by atoms with van der Waals surface area (Å²) in [4.78, 5) is 3.84. The molecule has 0 aliphatic heterocycles. The van der Waals surface area contributed by atoms with E-state index in [0.29, 0.717) is 5.69 Å².